The van der Waals surface area contributed by atoms with Crippen LogP contribution in [-0.4, -0.2) is 37.8 Å². The van der Waals surface area contributed by atoms with E-state index in [9.17, 15) is 4.79 Å². The molecule has 0 spiro atoms. The third kappa shape index (κ3) is 1.76. The summed E-state index contributed by atoms with van der Waals surface area (Å²) < 4.78 is 20.7. The van der Waals surface area contributed by atoms with Gasteiger partial charge in [0.2, 0.25) is 18.3 Å². The lowest BCUT2D eigenvalue weighted by Crippen LogP contribution is -2.05. The van der Waals surface area contributed by atoms with Gasteiger partial charge in [0.25, 0.3) is 5.78 Å². The van der Waals surface area contributed by atoms with E-state index in [0.29, 0.717) is 17.2 Å². The number of methoxy groups -OCH3 is 2. The SMILES string of the molecule is COc1cc(C(=O)C=[N+]=[N-])c(OC)c2c1OCO2. The highest BCUT2D eigenvalue weighted by molar-refractivity contribution is 6.34. The fourth-order valence-electron chi connectivity index (χ4n) is 1.67. The molecule has 1 heterocycles. The first-order valence-electron chi connectivity index (χ1n) is 4.99. The monoisotopic (exact) mass is 250 g/mol. The van der Waals surface area contributed by atoms with Gasteiger partial charge in [-0.2, -0.15) is 4.79 Å². The normalized spacial score (nSPS) is 11.7. The number of ketones is 1. The molecule has 0 radical (unpaired) electrons. The van der Waals surface area contributed by atoms with Crippen LogP contribution < -0.4 is 18.9 Å². The van der Waals surface area contributed by atoms with Crippen LogP contribution in [0.15, 0.2) is 6.07 Å². The molecule has 1 aromatic rings. The Bertz CT molecular complexity index is 549. The Morgan fingerprint density at radius 1 is 1.39 bits per heavy atom. The predicted molar refractivity (Wildman–Crippen MR) is 59.7 cm³/mol. The van der Waals surface area contributed by atoms with Gasteiger partial charge in [-0.1, -0.05) is 0 Å². The minimum Gasteiger partial charge on any atom is -0.493 e. The molecule has 0 aliphatic carbocycles. The summed E-state index contributed by atoms with van der Waals surface area (Å²) in [6.07, 6.45) is 0.763. The zero-order chi connectivity index (χ0) is 13.1. The van der Waals surface area contributed by atoms with Crippen LogP contribution in [0.5, 0.6) is 23.0 Å². The van der Waals surface area contributed by atoms with Crippen molar-refractivity contribution < 1.29 is 28.5 Å². The van der Waals surface area contributed by atoms with Crippen molar-refractivity contribution in [2.45, 2.75) is 0 Å². The second kappa shape index (κ2) is 4.77. The van der Waals surface area contributed by atoms with E-state index >= 15 is 0 Å². The minimum atomic E-state index is -0.536. The molecule has 0 fully saturated rings. The number of rotatable bonds is 4. The molecule has 0 saturated heterocycles. The maximum atomic E-state index is 11.8. The summed E-state index contributed by atoms with van der Waals surface area (Å²) in [5, 5.41) is 0. The molecule has 7 heteroatoms. The van der Waals surface area contributed by atoms with E-state index in [1.54, 1.807) is 0 Å². The second-order valence-corrected chi connectivity index (χ2v) is 3.33. The van der Waals surface area contributed by atoms with Gasteiger partial charge in [-0.25, -0.2) is 0 Å². The van der Waals surface area contributed by atoms with Crippen LogP contribution in [0, 0.1) is 0 Å². The lowest BCUT2D eigenvalue weighted by molar-refractivity contribution is 0.00231. The molecule has 0 N–H and O–H groups in total. The molecule has 0 bridgehead atoms. The molecule has 0 unspecified atom stereocenters. The smallest absolute Gasteiger partial charge is 0.328 e. The van der Waals surface area contributed by atoms with E-state index in [4.69, 9.17) is 24.5 Å². The number of benzene rings is 1. The molecule has 1 aliphatic rings. The molecule has 94 valence electrons. The van der Waals surface area contributed by atoms with Crippen molar-refractivity contribution in [3.63, 3.8) is 0 Å². The third-order valence-corrected chi connectivity index (χ3v) is 2.43. The summed E-state index contributed by atoms with van der Waals surface area (Å²) >= 11 is 0. The quantitative estimate of drug-likeness (QED) is 0.343. The van der Waals surface area contributed by atoms with Crippen molar-refractivity contribution >= 4 is 12.0 Å². The number of carbonyl (C=O) groups is 1. The Morgan fingerprint density at radius 2 is 2.11 bits per heavy atom. The molecule has 18 heavy (non-hydrogen) atoms. The highest BCUT2D eigenvalue weighted by atomic mass is 16.7. The number of carbonyl (C=O) groups excluding carboxylic acids is 1. The van der Waals surface area contributed by atoms with Crippen molar-refractivity contribution in [2.75, 3.05) is 21.0 Å². The van der Waals surface area contributed by atoms with Gasteiger partial charge in [0.15, 0.2) is 11.5 Å². The highest BCUT2D eigenvalue weighted by Gasteiger charge is 2.29. The number of fused-ring (bicyclic) bond motifs is 1. The Balaban J connectivity index is 2.66. The average Bonchev–Trinajstić information content (AvgIpc) is 2.86. The molecule has 0 saturated carbocycles. The minimum absolute atomic E-state index is 0.0216. The van der Waals surface area contributed by atoms with Crippen LogP contribution in [0.1, 0.15) is 10.4 Å². The molecule has 0 amide bonds. The first-order valence-corrected chi connectivity index (χ1v) is 4.99. The summed E-state index contributed by atoms with van der Waals surface area (Å²) in [6, 6.07) is 1.44. The van der Waals surface area contributed by atoms with Gasteiger partial charge in [0.1, 0.15) is 0 Å². The number of hydrogen-bond donors (Lipinski definition) is 0. The highest BCUT2D eigenvalue weighted by Crippen LogP contribution is 2.49. The molecular weight excluding hydrogens is 240 g/mol. The lowest BCUT2D eigenvalue weighted by atomic mass is 10.1. The average molecular weight is 250 g/mol. The molecule has 0 aromatic heterocycles. The topological polar surface area (TPSA) is 90.4 Å². The lowest BCUT2D eigenvalue weighted by Gasteiger charge is -2.11. The van der Waals surface area contributed by atoms with Gasteiger partial charge in [-0.15, -0.1) is 0 Å². The molecule has 1 aromatic carbocycles. The fourth-order valence-corrected chi connectivity index (χ4v) is 1.67. The fraction of sp³-hybridized carbons (Fsp3) is 0.273. The Hall–Kier alpha value is -2.53. The van der Waals surface area contributed by atoms with Gasteiger partial charge in [-0.05, 0) is 6.07 Å². The predicted octanol–water partition coefficient (Wildman–Crippen LogP) is 0.916. The van der Waals surface area contributed by atoms with E-state index in [0.717, 1.165) is 6.21 Å². The van der Waals surface area contributed by atoms with E-state index in [2.05, 4.69) is 4.79 Å². The Kier molecular flexibility index (Phi) is 3.16. The summed E-state index contributed by atoms with van der Waals surface area (Å²) in [7, 11) is 2.84. The third-order valence-electron chi connectivity index (χ3n) is 2.43. The Morgan fingerprint density at radius 3 is 2.72 bits per heavy atom. The van der Waals surface area contributed by atoms with Gasteiger partial charge >= 0.3 is 6.21 Å². The zero-order valence-electron chi connectivity index (χ0n) is 9.80. The number of Topliss-reactive ketones (excluding diaryl/α,β-unsaturated/α-hetero) is 1. The van der Waals surface area contributed by atoms with Crippen molar-refractivity contribution in [3.05, 3.63) is 17.2 Å². The van der Waals surface area contributed by atoms with E-state index < -0.39 is 5.78 Å². The Labute approximate surface area is 102 Å². The number of ether oxygens (including phenoxy) is 4. The van der Waals surface area contributed by atoms with E-state index in [-0.39, 0.29) is 18.1 Å². The standard InChI is InChI=1S/C11H10N2O5/c1-15-8-3-6(7(14)4-13-12)9(16-2)11-10(8)17-5-18-11/h3-4H,5H2,1-2H3. The van der Waals surface area contributed by atoms with Gasteiger partial charge in [0.05, 0.1) is 19.8 Å². The van der Waals surface area contributed by atoms with Crippen LogP contribution in [0.2, 0.25) is 0 Å². The van der Waals surface area contributed by atoms with Crippen LogP contribution >= 0.6 is 0 Å². The van der Waals surface area contributed by atoms with E-state index in [1.807, 2.05) is 0 Å². The summed E-state index contributed by atoms with van der Waals surface area (Å²) in [5.41, 5.74) is 8.57. The van der Waals surface area contributed by atoms with Crippen molar-refractivity contribution in [3.8, 4) is 23.0 Å². The molecule has 7 nitrogen and oxygen atoms in total. The van der Waals surface area contributed by atoms with Crippen LogP contribution in [-0.2, 0) is 0 Å². The van der Waals surface area contributed by atoms with Gasteiger partial charge < -0.3 is 24.5 Å². The second-order valence-electron chi connectivity index (χ2n) is 3.33. The maximum Gasteiger partial charge on any atom is 0.328 e. The van der Waals surface area contributed by atoms with Crippen LogP contribution in [0.3, 0.4) is 0 Å². The van der Waals surface area contributed by atoms with Crippen LogP contribution in [0.4, 0.5) is 0 Å². The van der Waals surface area contributed by atoms with Crippen molar-refractivity contribution in [1.82, 2.24) is 0 Å². The number of nitrogens with zero attached hydrogens (tertiary/aromatic N) is 2. The summed E-state index contributed by atoms with van der Waals surface area (Å²) in [4.78, 5) is 14.4. The largest absolute Gasteiger partial charge is 0.493 e. The molecule has 0 atom stereocenters. The molecule has 1 aliphatic heterocycles. The molecule has 2 rings (SSSR count). The zero-order valence-corrected chi connectivity index (χ0v) is 9.80. The van der Waals surface area contributed by atoms with Gasteiger partial charge in [-0.3, -0.25) is 4.79 Å². The van der Waals surface area contributed by atoms with Crippen molar-refractivity contribution in [2.24, 2.45) is 0 Å². The van der Waals surface area contributed by atoms with E-state index in [1.165, 1.54) is 20.3 Å². The van der Waals surface area contributed by atoms with Crippen LogP contribution in [0.25, 0.3) is 5.53 Å². The van der Waals surface area contributed by atoms with Gasteiger partial charge in [0, 0.05) is 0 Å². The van der Waals surface area contributed by atoms with Crippen molar-refractivity contribution in [1.29, 1.82) is 0 Å². The molecular formula is C11H10N2O5. The maximum absolute atomic E-state index is 11.8. The summed E-state index contributed by atoms with van der Waals surface area (Å²) in [6.45, 7) is 0.0216. The first-order chi connectivity index (χ1) is 8.72. The summed E-state index contributed by atoms with van der Waals surface area (Å²) in [5.74, 6) is 0.704. The first kappa shape index (κ1) is 11.9. The number of hydrogen-bond acceptors (Lipinski definition) is 5.